The Balaban J connectivity index is 2.23. The fourth-order valence-electron chi connectivity index (χ4n) is 2.63. The molecule has 1 aromatic carbocycles. The Labute approximate surface area is 144 Å². The zero-order valence-electron chi connectivity index (χ0n) is 14.4. The molecule has 2 heterocycles. The van der Waals surface area contributed by atoms with Crippen LogP contribution in [0.2, 0.25) is 0 Å². The van der Waals surface area contributed by atoms with Gasteiger partial charge in [-0.2, -0.15) is 5.10 Å². The van der Waals surface area contributed by atoms with Crippen LogP contribution in [0.1, 0.15) is 21.9 Å². The van der Waals surface area contributed by atoms with E-state index in [1.54, 1.807) is 25.7 Å². The summed E-state index contributed by atoms with van der Waals surface area (Å²) in [6.45, 7) is 2.05. The van der Waals surface area contributed by atoms with E-state index in [2.05, 4.69) is 15.3 Å². The van der Waals surface area contributed by atoms with Crippen LogP contribution in [0.5, 0.6) is 5.75 Å². The zero-order valence-corrected chi connectivity index (χ0v) is 14.4. The quantitative estimate of drug-likeness (QED) is 0.656. The monoisotopic (exact) mass is 342 g/mol. The van der Waals surface area contributed by atoms with E-state index in [-0.39, 0.29) is 5.69 Å². The molecule has 3 rings (SSSR count). The molecule has 0 unspecified atom stereocenters. The molecule has 0 radical (unpaired) electrons. The van der Waals surface area contributed by atoms with Gasteiger partial charge in [0.25, 0.3) is 0 Å². The molecule has 0 aliphatic rings. The van der Waals surface area contributed by atoms with Gasteiger partial charge in [-0.25, -0.2) is 9.31 Å². The maximum Gasteiger partial charge on any atom is 0.360 e. The number of aromatic nitrogens is 4. The molecular formula is C17H18N4O4. The molecule has 2 aromatic heterocycles. The third-order valence-corrected chi connectivity index (χ3v) is 3.88. The van der Waals surface area contributed by atoms with E-state index in [1.807, 2.05) is 24.3 Å². The van der Waals surface area contributed by atoms with Gasteiger partial charge in [0.15, 0.2) is 11.3 Å². The largest absolute Gasteiger partial charge is 0.497 e. The lowest BCUT2D eigenvalue weighted by Crippen LogP contribution is -2.12. The molecule has 25 heavy (non-hydrogen) atoms. The van der Waals surface area contributed by atoms with Crippen LogP contribution in [0, 0.1) is 6.92 Å². The number of carbonyl (C=O) groups excluding carboxylic acids is 1. The van der Waals surface area contributed by atoms with Crippen molar-refractivity contribution in [2.45, 2.75) is 13.5 Å². The van der Waals surface area contributed by atoms with Crippen LogP contribution in [0.4, 0.5) is 0 Å². The smallest absolute Gasteiger partial charge is 0.360 e. The Bertz CT molecular complexity index is 919. The van der Waals surface area contributed by atoms with E-state index >= 15 is 0 Å². The molecule has 0 fully saturated rings. The minimum atomic E-state index is -0.554. The van der Waals surface area contributed by atoms with Crippen molar-refractivity contribution >= 4 is 11.6 Å². The molecule has 0 saturated carbocycles. The molecule has 0 N–H and O–H groups in total. The summed E-state index contributed by atoms with van der Waals surface area (Å²) in [4.78, 5) is 11.8. The van der Waals surface area contributed by atoms with Crippen molar-refractivity contribution in [1.29, 1.82) is 0 Å². The number of carbonyl (C=O) groups is 1. The molecule has 0 atom stereocenters. The summed E-state index contributed by atoms with van der Waals surface area (Å²) < 4.78 is 16.8. The number of hydrogen-bond donors (Lipinski definition) is 0. The molecule has 3 aromatic rings. The fraction of sp³-hybridized carbons (Fsp3) is 0.294. The molecule has 0 amide bonds. The predicted molar refractivity (Wildman–Crippen MR) is 89.6 cm³/mol. The summed E-state index contributed by atoms with van der Waals surface area (Å²) >= 11 is 0. The summed E-state index contributed by atoms with van der Waals surface area (Å²) in [5.74, 6) is 0.199. The van der Waals surface area contributed by atoms with Crippen molar-refractivity contribution in [2.75, 3.05) is 21.3 Å². The van der Waals surface area contributed by atoms with Crippen molar-refractivity contribution in [3.63, 3.8) is 0 Å². The Morgan fingerprint density at radius 3 is 2.44 bits per heavy atom. The average Bonchev–Trinajstić information content (AvgIpc) is 3.01. The van der Waals surface area contributed by atoms with Gasteiger partial charge >= 0.3 is 5.97 Å². The number of esters is 1. The Kier molecular flexibility index (Phi) is 4.62. The number of rotatable bonds is 5. The summed E-state index contributed by atoms with van der Waals surface area (Å²) in [6, 6.07) is 7.55. The zero-order chi connectivity index (χ0) is 18.0. The van der Waals surface area contributed by atoms with Gasteiger partial charge in [-0.1, -0.05) is 12.1 Å². The first-order valence-corrected chi connectivity index (χ1v) is 7.57. The number of hydrogen-bond acceptors (Lipinski definition) is 7. The highest BCUT2D eigenvalue weighted by Gasteiger charge is 2.22. The van der Waals surface area contributed by atoms with Gasteiger partial charge in [-0.15, -0.1) is 10.2 Å². The molecule has 130 valence electrons. The van der Waals surface area contributed by atoms with Gasteiger partial charge in [0.2, 0.25) is 0 Å². The highest BCUT2D eigenvalue weighted by molar-refractivity contribution is 5.89. The fourth-order valence-corrected chi connectivity index (χ4v) is 2.63. The normalized spacial score (nSPS) is 10.9. The van der Waals surface area contributed by atoms with Crippen LogP contribution in [-0.2, 0) is 16.1 Å². The van der Waals surface area contributed by atoms with Crippen LogP contribution >= 0.6 is 0 Å². The van der Waals surface area contributed by atoms with Gasteiger partial charge in [-0.3, -0.25) is 0 Å². The van der Waals surface area contributed by atoms with Crippen LogP contribution in [0.25, 0.3) is 16.8 Å². The molecule has 0 saturated heterocycles. The number of benzene rings is 1. The minimum Gasteiger partial charge on any atom is -0.497 e. The van der Waals surface area contributed by atoms with Gasteiger partial charge in [0, 0.05) is 7.11 Å². The summed E-state index contributed by atoms with van der Waals surface area (Å²) in [5, 5.41) is 12.8. The maximum absolute atomic E-state index is 11.8. The molecule has 8 nitrogen and oxygen atoms in total. The molecular weight excluding hydrogens is 324 g/mol. The predicted octanol–water partition coefficient (Wildman–Crippen LogP) is 2.04. The topological polar surface area (TPSA) is 87.8 Å². The third kappa shape index (κ3) is 2.91. The van der Waals surface area contributed by atoms with Crippen LogP contribution in [0.15, 0.2) is 24.3 Å². The SMILES string of the molecule is COCc1nn2c(C)c(C(=O)OC)nnc2c1-c1ccc(OC)cc1. The molecule has 0 spiro atoms. The second-order valence-electron chi connectivity index (χ2n) is 5.34. The molecule has 0 aliphatic carbocycles. The number of aryl methyl sites for hydroxylation is 1. The van der Waals surface area contributed by atoms with E-state index < -0.39 is 5.97 Å². The van der Waals surface area contributed by atoms with Crippen molar-refractivity contribution < 1.29 is 19.0 Å². The van der Waals surface area contributed by atoms with Gasteiger partial charge < -0.3 is 14.2 Å². The highest BCUT2D eigenvalue weighted by atomic mass is 16.5. The van der Waals surface area contributed by atoms with E-state index in [0.29, 0.717) is 23.6 Å². The van der Waals surface area contributed by atoms with Gasteiger partial charge in [0.05, 0.1) is 37.8 Å². The molecule has 0 aliphatic heterocycles. The summed E-state index contributed by atoms with van der Waals surface area (Å²) in [7, 11) is 4.51. The Morgan fingerprint density at radius 2 is 1.84 bits per heavy atom. The minimum absolute atomic E-state index is 0.128. The van der Waals surface area contributed by atoms with Crippen LogP contribution in [-0.4, -0.2) is 47.1 Å². The number of ether oxygens (including phenoxy) is 3. The Morgan fingerprint density at radius 1 is 1.12 bits per heavy atom. The van der Waals surface area contributed by atoms with Gasteiger partial charge in [-0.05, 0) is 24.6 Å². The second kappa shape index (κ2) is 6.86. The van der Waals surface area contributed by atoms with Crippen LogP contribution in [0.3, 0.4) is 0 Å². The van der Waals surface area contributed by atoms with Crippen molar-refractivity contribution in [1.82, 2.24) is 19.8 Å². The van der Waals surface area contributed by atoms with Gasteiger partial charge in [0.1, 0.15) is 5.75 Å². The lowest BCUT2D eigenvalue weighted by molar-refractivity contribution is 0.0590. The van der Waals surface area contributed by atoms with E-state index in [4.69, 9.17) is 14.2 Å². The maximum atomic E-state index is 11.8. The number of nitrogens with zero attached hydrogens (tertiary/aromatic N) is 4. The van der Waals surface area contributed by atoms with E-state index in [0.717, 1.165) is 16.9 Å². The average molecular weight is 342 g/mol. The second-order valence-corrected chi connectivity index (χ2v) is 5.34. The van der Waals surface area contributed by atoms with Crippen molar-refractivity contribution in [2.24, 2.45) is 0 Å². The molecule has 8 heteroatoms. The standard InChI is InChI=1S/C17H18N4O4/c1-10-15(17(22)25-4)18-19-16-14(13(9-23-2)20-21(10)16)11-5-7-12(24-3)8-6-11/h5-8H,9H2,1-4H3. The lowest BCUT2D eigenvalue weighted by Gasteiger charge is -2.05. The highest BCUT2D eigenvalue weighted by Crippen LogP contribution is 2.30. The summed E-state index contributed by atoms with van der Waals surface area (Å²) in [5.41, 5.74) is 3.63. The number of methoxy groups -OCH3 is 3. The van der Waals surface area contributed by atoms with E-state index in [9.17, 15) is 4.79 Å². The van der Waals surface area contributed by atoms with E-state index in [1.165, 1.54) is 7.11 Å². The van der Waals surface area contributed by atoms with Crippen LogP contribution < -0.4 is 4.74 Å². The Hall–Kier alpha value is -3.00. The lowest BCUT2D eigenvalue weighted by atomic mass is 10.1. The first-order valence-electron chi connectivity index (χ1n) is 7.57. The first kappa shape index (κ1) is 16.8. The number of fused-ring (bicyclic) bond motifs is 1. The molecule has 0 bridgehead atoms. The first-order chi connectivity index (χ1) is 12.1. The summed E-state index contributed by atoms with van der Waals surface area (Å²) in [6.07, 6.45) is 0. The third-order valence-electron chi connectivity index (χ3n) is 3.88. The van der Waals surface area contributed by atoms with Crippen molar-refractivity contribution in [3.05, 3.63) is 41.3 Å². The van der Waals surface area contributed by atoms with Crippen molar-refractivity contribution in [3.8, 4) is 16.9 Å².